The summed E-state index contributed by atoms with van der Waals surface area (Å²) in [7, 11) is 0. The molecule has 0 aliphatic rings. The Kier molecular flexibility index (Phi) is 5.20. The zero-order valence-corrected chi connectivity index (χ0v) is 20.6. The summed E-state index contributed by atoms with van der Waals surface area (Å²) in [5.41, 5.74) is 8.33. The Hall–Kier alpha value is -3.08. The van der Waals surface area contributed by atoms with Gasteiger partial charge in [0.05, 0.1) is 16.1 Å². The second-order valence-electron chi connectivity index (χ2n) is 8.10. The number of para-hydroxylation sites is 1. The van der Waals surface area contributed by atoms with Crippen molar-refractivity contribution in [2.24, 2.45) is 0 Å². The van der Waals surface area contributed by atoms with Crippen LogP contribution >= 0.6 is 34.2 Å². The molecule has 1 nitrogen and oxygen atoms in total. The minimum atomic E-state index is 0.784. The summed E-state index contributed by atoms with van der Waals surface area (Å²) in [6.45, 7) is 0. The molecule has 0 radical (unpaired) electrons. The molecule has 0 spiro atoms. The molecule has 0 aliphatic heterocycles. The first kappa shape index (κ1) is 20.5. The fraction of sp³-hybridized carbons (Fsp3) is 0. The second kappa shape index (κ2) is 8.36. The van der Waals surface area contributed by atoms with Crippen LogP contribution in [0.1, 0.15) is 0 Å². The summed E-state index contributed by atoms with van der Waals surface area (Å²) in [6, 6.07) is 40.8. The van der Waals surface area contributed by atoms with Crippen molar-refractivity contribution in [1.29, 1.82) is 0 Å². The van der Waals surface area contributed by atoms with E-state index in [0.29, 0.717) is 0 Å². The molecule has 0 atom stereocenters. The standard InChI is InChI=1S/C30H19ClIN/c31-27-13-7-12-24(30(27)32)22-15-17-29-26(19-22)25-18-21(20-8-3-1-4-9-20)14-16-28(25)33(29)23-10-5-2-6-11-23/h1-19H. The molecule has 3 heteroatoms. The van der Waals surface area contributed by atoms with E-state index in [4.69, 9.17) is 11.6 Å². The van der Waals surface area contributed by atoms with E-state index in [2.05, 4.69) is 130 Å². The molecule has 0 aliphatic carbocycles. The van der Waals surface area contributed by atoms with Gasteiger partial charge in [-0.05, 0) is 87.3 Å². The Balaban J connectivity index is 1.67. The van der Waals surface area contributed by atoms with Gasteiger partial charge in [0, 0.05) is 20.0 Å². The monoisotopic (exact) mass is 555 g/mol. The first-order chi connectivity index (χ1) is 16.2. The maximum absolute atomic E-state index is 6.44. The molecule has 0 amide bonds. The van der Waals surface area contributed by atoms with E-state index in [-0.39, 0.29) is 0 Å². The van der Waals surface area contributed by atoms with Crippen LogP contribution in [0.15, 0.2) is 115 Å². The lowest BCUT2D eigenvalue weighted by atomic mass is 10.0. The summed E-state index contributed by atoms with van der Waals surface area (Å²) in [5.74, 6) is 0. The highest BCUT2D eigenvalue weighted by molar-refractivity contribution is 14.1. The zero-order valence-electron chi connectivity index (χ0n) is 17.7. The number of nitrogens with zero attached hydrogens (tertiary/aromatic N) is 1. The highest BCUT2D eigenvalue weighted by atomic mass is 127. The van der Waals surface area contributed by atoms with E-state index in [1.165, 1.54) is 38.5 Å². The van der Waals surface area contributed by atoms with Gasteiger partial charge >= 0.3 is 0 Å². The van der Waals surface area contributed by atoms with Gasteiger partial charge in [0.25, 0.3) is 0 Å². The van der Waals surface area contributed by atoms with Gasteiger partial charge < -0.3 is 4.57 Å². The molecule has 5 aromatic carbocycles. The molecule has 0 saturated carbocycles. The molecular formula is C30H19ClIN. The molecule has 0 fully saturated rings. The molecule has 6 aromatic rings. The largest absolute Gasteiger partial charge is 0.309 e. The molecule has 0 bridgehead atoms. The smallest absolute Gasteiger partial charge is 0.0545 e. The minimum absolute atomic E-state index is 0.784. The van der Waals surface area contributed by atoms with E-state index in [0.717, 1.165) is 19.8 Å². The molecule has 0 N–H and O–H groups in total. The van der Waals surface area contributed by atoms with Gasteiger partial charge in [-0.25, -0.2) is 0 Å². The van der Waals surface area contributed by atoms with Crippen LogP contribution in [-0.2, 0) is 0 Å². The highest BCUT2D eigenvalue weighted by Crippen LogP contribution is 2.38. The van der Waals surface area contributed by atoms with Crippen LogP contribution in [0.5, 0.6) is 0 Å². The number of hydrogen-bond acceptors (Lipinski definition) is 0. The topological polar surface area (TPSA) is 4.93 Å². The Labute approximate surface area is 211 Å². The fourth-order valence-electron chi connectivity index (χ4n) is 4.58. The summed E-state index contributed by atoms with van der Waals surface area (Å²) < 4.78 is 3.43. The van der Waals surface area contributed by atoms with Crippen LogP contribution < -0.4 is 0 Å². The van der Waals surface area contributed by atoms with Gasteiger partial charge in [-0.2, -0.15) is 0 Å². The van der Waals surface area contributed by atoms with Gasteiger partial charge in [0.15, 0.2) is 0 Å². The van der Waals surface area contributed by atoms with Crippen LogP contribution in [0.4, 0.5) is 0 Å². The number of hydrogen-bond donors (Lipinski definition) is 0. The Bertz CT molecular complexity index is 1620. The lowest BCUT2D eigenvalue weighted by molar-refractivity contribution is 1.18. The van der Waals surface area contributed by atoms with E-state index >= 15 is 0 Å². The van der Waals surface area contributed by atoms with Crippen LogP contribution in [0, 0.1) is 3.57 Å². The van der Waals surface area contributed by atoms with Gasteiger partial charge in [0.1, 0.15) is 0 Å². The maximum atomic E-state index is 6.44. The third-order valence-electron chi connectivity index (χ3n) is 6.15. The van der Waals surface area contributed by atoms with E-state index < -0.39 is 0 Å². The van der Waals surface area contributed by atoms with Gasteiger partial charge in [0.2, 0.25) is 0 Å². The second-order valence-corrected chi connectivity index (χ2v) is 9.59. The summed E-state index contributed by atoms with van der Waals surface area (Å²) in [5, 5.41) is 3.26. The van der Waals surface area contributed by atoms with Crippen LogP contribution in [0.25, 0.3) is 49.7 Å². The SMILES string of the molecule is Clc1cccc(-c2ccc3c(c2)c2cc(-c4ccccc4)ccc2n3-c2ccccc2)c1I. The first-order valence-corrected chi connectivity index (χ1v) is 12.3. The Morgan fingerprint density at radius 2 is 1.15 bits per heavy atom. The maximum Gasteiger partial charge on any atom is 0.0545 e. The number of fused-ring (bicyclic) bond motifs is 3. The van der Waals surface area contributed by atoms with Gasteiger partial charge in [-0.3, -0.25) is 0 Å². The summed E-state index contributed by atoms with van der Waals surface area (Å²) in [6.07, 6.45) is 0. The summed E-state index contributed by atoms with van der Waals surface area (Å²) in [4.78, 5) is 0. The normalized spacial score (nSPS) is 11.3. The molecule has 6 rings (SSSR count). The zero-order chi connectivity index (χ0) is 22.4. The Morgan fingerprint density at radius 3 is 1.85 bits per heavy atom. The number of aromatic nitrogens is 1. The number of halogens is 2. The van der Waals surface area contributed by atoms with Crippen molar-refractivity contribution in [3.8, 4) is 27.9 Å². The number of benzene rings is 5. The van der Waals surface area contributed by atoms with E-state index in [1.807, 2.05) is 12.1 Å². The third kappa shape index (κ3) is 3.54. The van der Waals surface area contributed by atoms with E-state index in [9.17, 15) is 0 Å². The van der Waals surface area contributed by atoms with Crippen molar-refractivity contribution >= 4 is 56.0 Å². The minimum Gasteiger partial charge on any atom is -0.309 e. The average molecular weight is 556 g/mol. The summed E-state index contributed by atoms with van der Waals surface area (Å²) >= 11 is 8.78. The van der Waals surface area contributed by atoms with Crippen molar-refractivity contribution in [3.63, 3.8) is 0 Å². The van der Waals surface area contributed by atoms with Crippen LogP contribution in [0.3, 0.4) is 0 Å². The average Bonchev–Trinajstić information content (AvgIpc) is 3.20. The Morgan fingerprint density at radius 1 is 0.545 bits per heavy atom. The van der Waals surface area contributed by atoms with Gasteiger partial charge in [-0.15, -0.1) is 0 Å². The molecule has 0 saturated heterocycles. The molecule has 33 heavy (non-hydrogen) atoms. The third-order valence-corrected chi connectivity index (χ3v) is 7.95. The van der Waals surface area contributed by atoms with E-state index in [1.54, 1.807) is 0 Å². The molecule has 1 aromatic heterocycles. The predicted octanol–water partition coefficient (Wildman–Crippen LogP) is 9.38. The highest BCUT2D eigenvalue weighted by Gasteiger charge is 2.15. The lowest BCUT2D eigenvalue weighted by Gasteiger charge is -2.09. The fourth-order valence-corrected chi connectivity index (χ4v) is 5.43. The van der Waals surface area contributed by atoms with Gasteiger partial charge in [-0.1, -0.05) is 84.4 Å². The van der Waals surface area contributed by atoms with Crippen molar-refractivity contribution in [1.82, 2.24) is 4.57 Å². The number of rotatable bonds is 3. The van der Waals surface area contributed by atoms with Crippen molar-refractivity contribution in [2.45, 2.75) is 0 Å². The lowest BCUT2D eigenvalue weighted by Crippen LogP contribution is -1.93. The molecular weight excluding hydrogens is 537 g/mol. The quantitative estimate of drug-likeness (QED) is 0.192. The predicted molar refractivity (Wildman–Crippen MR) is 149 cm³/mol. The molecule has 1 heterocycles. The van der Waals surface area contributed by atoms with Crippen LogP contribution in [-0.4, -0.2) is 4.57 Å². The van der Waals surface area contributed by atoms with Crippen molar-refractivity contribution in [2.75, 3.05) is 0 Å². The first-order valence-electron chi connectivity index (χ1n) is 10.8. The molecule has 0 unspecified atom stereocenters. The molecule has 158 valence electrons. The van der Waals surface area contributed by atoms with Crippen molar-refractivity contribution in [3.05, 3.63) is 124 Å². The van der Waals surface area contributed by atoms with Crippen molar-refractivity contribution < 1.29 is 0 Å². The van der Waals surface area contributed by atoms with Crippen LogP contribution in [0.2, 0.25) is 5.02 Å².